The van der Waals surface area contributed by atoms with Crippen LogP contribution >= 0.6 is 15.9 Å². The van der Waals surface area contributed by atoms with E-state index in [1.807, 2.05) is 12.1 Å². The molecule has 0 amide bonds. The van der Waals surface area contributed by atoms with E-state index in [1.54, 1.807) is 43.5 Å². The van der Waals surface area contributed by atoms with E-state index in [1.165, 1.54) is 0 Å². The first-order chi connectivity index (χ1) is 12.0. The fourth-order valence-electron chi connectivity index (χ4n) is 2.93. The van der Waals surface area contributed by atoms with Gasteiger partial charge in [-0.25, -0.2) is 8.42 Å². The summed E-state index contributed by atoms with van der Waals surface area (Å²) in [6, 6.07) is 14.0. The average molecular weight is 425 g/mol. The van der Waals surface area contributed by atoms with E-state index in [9.17, 15) is 8.42 Å². The molecule has 2 aromatic rings. The van der Waals surface area contributed by atoms with Crippen molar-refractivity contribution in [3.05, 3.63) is 53.0 Å². The van der Waals surface area contributed by atoms with Crippen molar-refractivity contribution >= 4 is 37.3 Å². The van der Waals surface area contributed by atoms with Gasteiger partial charge in [0.2, 0.25) is 0 Å². The molecule has 25 heavy (non-hydrogen) atoms. The number of rotatable bonds is 5. The van der Waals surface area contributed by atoms with Gasteiger partial charge in [0.25, 0.3) is 10.0 Å². The van der Waals surface area contributed by atoms with E-state index in [0.29, 0.717) is 5.69 Å². The maximum Gasteiger partial charge on any atom is 0.261 e. The van der Waals surface area contributed by atoms with E-state index < -0.39 is 10.0 Å². The van der Waals surface area contributed by atoms with Crippen LogP contribution in [0.25, 0.3) is 0 Å². The molecule has 0 saturated carbocycles. The normalized spacial score (nSPS) is 18.2. The molecule has 1 saturated heterocycles. The Bertz CT molecular complexity index is 807. The monoisotopic (exact) mass is 424 g/mol. The highest BCUT2D eigenvalue weighted by atomic mass is 79.9. The molecule has 5 nitrogen and oxygen atoms in total. The number of hydrogen-bond acceptors (Lipinski definition) is 4. The Hall–Kier alpha value is -1.57. The third kappa shape index (κ3) is 4.54. The van der Waals surface area contributed by atoms with Crippen molar-refractivity contribution < 1.29 is 13.2 Å². The molecule has 0 bridgehead atoms. The minimum Gasteiger partial charge on any atom is -0.380 e. The summed E-state index contributed by atoms with van der Waals surface area (Å²) in [5.74, 6) is 0. The smallest absolute Gasteiger partial charge is 0.261 e. The van der Waals surface area contributed by atoms with E-state index in [2.05, 4.69) is 25.6 Å². The van der Waals surface area contributed by atoms with Gasteiger partial charge < -0.3 is 9.64 Å². The van der Waals surface area contributed by atoms with Crippen molar-refractivity contribution in [1.29, 1.82) is 0 Å². The fourth-order valence-corrected chi connectivity index (χ4v) is 4.26. The summed E-state index contributed by atoms with van der Waals surface area (Å²) >= 11 is 3.31. The van der Waals surface area contributed by atoms with Crippen LogP contribution in [-0.4, -0.2) is 34.7 Å². The molecule has 0 aliphatic carbocycles. The first-order valence-corrected chi connectivity index (χ1v) is 10.4. The SMILES string of the molecule is COC1CCCN(c2ccc(NS(=O)(=O)c3ccc(Br)cc3)cc2)C1. The summed E-state index contributed by atoms with van der Waals surface area (Å²) in [5, 5.41) is 0. The number of hydrogen-bond donors (Lipinski definition) is 1. The van der Waals surface area contributed by atoms with Gasteiger partial charge in [0.15, 0.2) is 0 Å². The van der Waals surface area contributed by atoms with Crippen molar-refractivity contribution in [3.8, 4) is 0 Å². The second-order valence-corrected chi connectivity index (χ2v) is 8.65. The quantitative estimate of drug-likeness (QED) is 0.791. The number of anilines is 2. The molecule has 7 heteroatoms. The molecule has 1 heterocycles. The van der Waals surface area contributed by atoms with Crippen LogP contribution in [0.2, 0.25) is 0 Å². The lowest BCUT2D eigenvalue weighted by molar-refractivity contribution is 0.0893. The number of ether oxygens (including phenoxy) is 1. The lowest BCUT2D eigenvalue weighted by Crippen LogP contribution is -2.39. The number of methoxy groups -OCH3 is 1. The number of sulfonamides is 1. The van der Waals surface area contributed by atoms with Crippen LogP contribution in [0.1, 0.15) is 12.8 Å². The molecule has 1 unspecified atom stereocenters. The molecular weight excluding hydrogens is 404 g/mol. The number of halogens is 1. The van der Waals surface area contributed by atoms with Gasteiger partial charge in [-0.1, -0.05) is 15.9 Å². The standard InChI is InChI=1S/C18H21BrN2O3S/c1-24-17-3-2-12-21(13-17)16-8-6-15(7-9-16)20-25(22,23)18-10-4-14(19)5-11-18/h4-11,17,20H,2-3,12-13H2,1H3. The summed E-state index contributed by atoms with van der Waals surface area (Å²) < 4.78 is 33.8. The van der Waals surface area contributed by atoms with Crippen LogP contribution in [0.15, 0.2) is 57.9 Å². The highest BCUT2D eigenvalue weighted by Crippen LogP contribution is 2.24. The van der Waals surface area contributed by atoms with Crippen molar-refractivity contribution in [2.75, 3.05) is 29.8 Å². The summed E-state index contributed by atoms with van der Waals surface area (Å²) in [6.07, 6.45) is 2.43. The maximum atomic E-state index is 12.4. The molecule has 0 radical (unpaired) electrons. The van der Waals surface area contributed by atoms with E-state index in [-0.39, 0.29) is 11.0 Å². The average Bonchev–Trinajstić information content (AvgIpc) is 2.62. The number of nitrogens with one attached hydrogen (secondary N) is 1. The second-order valence-electron chi connectivity index (χ2n) is 6.05. The molecule has 1 fully saturated rings. The Kier molecular flexibility index (Phi) is 5.66. The highest BCUT2D eigenvalue weighted by Gasteiger charge is 2.20. The zero-order valence-electron chi connectivity index (χ0n) is 14.0. The lowest BCUT2D eigenvalue weighted by Gasteiger charge is -2.33. The molecule has 2 aromatic carbocycles. The molecular formula is C18H21BrN2O3S. The minimum atomic E-state index is -3.58. The zero-order chi connectivity index (χ0) is 17.9. The molecule has 0 spiro atoms. The van der Waals surface area contributed by atoms with Gasteiger partial charge in [-0.15, -0.1) is 0 Å². The number of nitrogens with zero attached hydrogens (tertiary/aromatic N) is 1. The van der Waals surface area contributed by atoms with Gasteiger partial charge >= 0.3 is 0 Å². The second kappa shape index (κ2) is 7.76. The predicted molar refractivity (Wildman–Crippen MR) is 104 cm³/mol. The predicted octanol–water partition coefficient (Wildman–Crippen LogP) is 3.87. The van der Waals surface area contributed by atoms with Gasteiger partial charge in [0.1, 0.15) is 0 Å². The Labute approximate surface area is 157 Å². The molecule has 1 atom stereocenters. The van der Waals surface area contributed by atoms with E-state index in [0.717, 1.165) is 36.1 Å². The molecule has 0 aromatic heterocycles. The maximum absolute atomic E-state index is 12.4. The van der Waals surface area contributed by atoms with Gasteiger partial charge in [-0.2, -0.15) is 0 Å². The van der Waals surface area contributed by atoms with Crippen LogP contribution in [0.5, 0.6) is 0 Å². The Morgan fingerprint density at radius 2 is 1.80 bits per heavy atom. The van der Waals surface area contributed by atoms with Crippen LogP contribution < -0.4 is 9.62 Å². The largest absolute Gasteiger partial charge is 0.380 e. The summed E-state index contributed by atoms with van der Waals surface area (Å²) in [5.41, 5.74) is 1.63. The Morgan fingerprint density at radius 1 is 1.12 bits per heavy atom. The van der Waals surface area contributed by atoms with E-state index >= 15 is 0 Å². The van der Waals surface area contributed by atoms with Crippen molar-refractivity contribution in [2.45, 2.75) is 23.8 Å². The van der Waals surface area contributed by atoms with Crippen molar-refractivity contribution in [2.24, 2.45) is 0 Å². The lowest BCUT2D eigenvalue weighted by atomic mass is 10.1. The van der Waals surface area contributed by atoms with Crippen molar-refractivity contribution in [1.82, 2.24) is 0 Å². The van der Waals surface area contributed by atoms with Crippen LogP contribution in [-0.2, 0) is 14.8 Å². The summed E-state index contributed by atoms with van der Waals surface area (Å²) in [7, 11) is -1.84. The van der Waals surface area contributed by atoms with Gasteiger partial charge in [-0.3, -0.25) is 4.72 Å². The van der Waals surface area contributed by atoms with Crippen LogP contribution in [0.3, 0.4) is 0 Å². The minimum absolute atomic E-state index is 0.235. The zero-order valence-corrected chi connectivity index (χ0v) is 16.4. The fraction of sp³-hybridized carbons (Fsp3) is 0.333. The van der Waals surface area contributed by atoms with Gasteiger partial charge in [-0.05, 0) is 61.4 Å². The number of piperidine rings is 1. The summed E-state index contributed by atoms with van der Waals surface area (Å²) in [4.78, 5) is 2.50. The Balaban J connectivity index is 1.71. The topological polar surface area (TPSA) is 58.6 Å². The van der Waals surface area contributed by atoms with E-state index in [4.69, 9.17) is 4.74 Å². The first kappa shape index (κ1) is 18.2. The molecule has 1 N–H and O–H groups in total. The van der Waals surface area contributed by atoms with Gasteiger partial charge in [0.05, 0.1) is 11.0 Å². The number of benzene rings is 2. The Morgan fingerprint density at radius 3 is 2.44 bits per heavy atom. The van der Waals surface area contributed by atoms with Crippen LogP contribution in [0.4, 0.5) is 11.4 Å². The molecule has 134 valence electrons. The highest BCUT2D eigenvalue weighted by molar-refractivity contribution is 9.10. The third-order valence-electron chi connectivity index (χ3n) is 4.32. The third-order valence-corrected chi connectivity index (χ3v) is 6.25. The van der Waals surface area contributed by atoms with Gasteiger partial charge in [0, 0.05) is 36.0 Å². The molecule has 1 aliphatic heterocycles. The summed E-state index contributed by atoms with van der Waals surface area (Å²) in [6.45, 7) is 1.85. The van der Waals surface area contributed by atoms with Crippen molar-refractivity contribution in [3.63, 3.8) is 0 Å². The molecule has 1 aliphatic rings. The first-order valence-electron chi connectivity index (χ1n) is 8.14. The molecule has 3 rings (SSSR count). The van der Waals surface area contributed by atoms with Crippen LogP contribution in [0, 0.1) is 0 Å².